The molecule has 0 aliphatic rings. The van der Waals surface area contributed by atoms with E-state index >= 15 is 0 Å². The molecule has 0 aliphatic carbocycles. The molecule has 5 aromatic rings. The number of nitrogens with zero attached hydrogens (tertiary/aromatic N) is 3. The summed E-state index contributed by atoms with van der Waals surface area (Å²) in [5.74, 6) is 0.803. The van der Waals surface area contributed by atoms with Gasteiger partial charge in [-0.1, -0.05) is 60.7 Å². The van der Waals surface area contributed by atoms with E-state index in [2.05, 4.69) is 12.1 Å². The van der Waals surface area contributed by atoms with Crippen LogP contribution in [0, 0.1) is 0 Å². The number of aromatic nitrogens is 3. The summed E-state index contributed by atoms with van der Waals surface area (Å²) in [6, 6.07) is 30.3. The van der Waals surface area contributed by atoms with Crippen molar-refractivity contribution in [1.82, 2.24) is 14.8 Å². The van der Waals surface area contributed by atoms with E-state index in [1.165, 1.54) is 0 Å². The van der Waals surface area contributed by atoms with Gasteiger partial charge in [0.2, 0.25) is 0 Å². The highest BCUT2D eigenvalue weighted by Gasteiger charge is 2.17. The predicted molar refractivity (Wildman–Crippen MR) is 116 cm³/mol. The maximum Gasteiger partial charge on any atom is 0.130 e. The van der Waals surface area contributed by atoms with Crippen LogP contribution in [0.2, 0.25) is 0 Å². The highest BCUT2D eigenvalue weighted by atomic mass is 16.5. The van der Waals surface area contributed by atoms with Crippen molar-refractivity contribution in [2.45, 2.75) is 0 Å². The largest absolute Gasteiger partial charge is 0.496 e. The molecule has 2 aromatic heterocycles. The van der Waals surface area contributed by atoms with Crippen LogP contribution >= 0.6 is 0 Å². The lowest BCUT2D eigenvalue weighted by atomic mass is 10.0. The van der Waals surface area contributed by atoms with Crippen molar-refractivity contribution < 1.29 is 4.74 Å². The van der Waals surface area contributed by atoms with Crippen LogP contribution < -0.4 is 4.74 Å². The Morgan fingerprint density at radius 1 is 0.793 bits per heavy atom. The molecule has 0 spiro atoms. The molecule has 2 heterocycles. The topological polar surface area (TPSA) is 39.9 Å². The van der Waals surface area contributed by atoms with Gasteiger partial charge in [0, 0.05) is 28.8 Å². The molecule has 0 N–H and O–H groups in total. The number of para-hydroxylation sites is 2. The Morgan fingerprint density at radius 3 is 2.24 bits per heavy atom. The van der Waals surface area contributed by atoms with Crippen LogP contribution in [0.25, 0.3) is 39.1 Å². The zero-order chi connectivity index (χ0) is 19.6. The molecule has 0 aliphatic heterocycles. The van der Waals surface area contributed by atoms with Gasteiger partial charge in [-0.3, -0.25) is 0 Å². The third-order valence-corrected chi connectivity index (χ3v) is 4.96. The molecule has 0 unspecified atom stereocenters. The van der Waals surface area contributed by atoms with Crippen molar-refractivity contribution in [2.24, 2.45) is 0 Å². The highest BCUT2D eigenvalue weighted by Crippen LogP contribution is 2.35. The second kappa shape index (κ2) is 7.24. The van der Waals surface area contributed by atoms with Crippen molar-refractivity contribution in [3.05, 3.63) is 97.2 Å². The van der Waals surface area contributed by atoms with Crippen molar-refractivity contribution >= 4 is 10.9 Å². The normalized spacial score (nSPS) is 10.9. The van der Waals surface area contributed by atoms with Gasteiger partial charge in [-0.25, -0.2) is 9.67 Å². The lowest BCUT2D eigenvalue weighted by Gasteiger charge is -2.08. The number of benzene rings is 3. The van der Waals surface area contributed by atoms with Crippen LogP contribution in [0.1, 0.15) is 0 Å². The molecule has 0 radical (unpaired) electrons. The van der Waals surface area contributed by atoms with Gasteiger partial charge in [0.15, 0.2) is 0 Å². The molecule has 4 heteroatoms. The fourth-order valence-corrected chi connectivity index (χ4v) is 3.53. The SMILES string of the molecule is COc1cc(-c2cn(-c3ccccc3)nc2-c2ccccc2)nc2ccccc12. The summed E-state index contributed by atoms with van der Waals surface area (Å²) >= 11 is 0. The van der Waals surface area contributed by atoms with E-state index in [0.717, 1.165) is 44.9 Å². The van der Waals surface area contributed by atoms with Gasteiger partial charge in [0.25, 0.3) is 0 Å². The maximum absolute atomic E-state index is 5.66. The number of ether oxygens (including phenoxy) is 1. The molecule has 0 fully saturated rings. The Bertz CT molecular complexity index is 1280. The van der Waals surface area contributed by atoms with Crippen LogP contribution in [0.4, 0.5) is 0 Å². The number of methoxy groups -OCH3 is 1. The van der Waals surface area contributed by atoms with E-state index in [-0.39, 0.29) is 0 Å². The summed E-state index contributed by atoms with van der Waals surface area (Å²) in [7, 11) is 1.69. The summed E-state index contributed by atoms with van der Waals surface area (Å²) < 4.78 is 7.56. The Hall–Kier alpha value is -3.92. The Morgan fingerprint density at radius 2 is 1.48 bits per heavy atom. The van der Waals surface area contributed by atoms with E-state index in [4.69, 9.17) is 14.8 Å². The van der Waals surface area contributed by atoms with Crippen molar-refractivity contribution in [3.8, 4) is 34.0 Å². The summed E-state index contributed by atoms with van der Waals surface area (Å²) in [4.78, 5) is 4.91. The summed E-state index contributed by atoms with van der Waals surface area (Å²) in [5.41, 5.74) is 5.63. The molecule has 0 saturated carbocycles. The minimum atomic E-state index is 0.803. The van der Waals surface area contributed by atoms with E-state index in [9.17, 15) is 0 Å². The summed E-state index contributed by atoms with van der Waals surface area (Å²) in [6.07, 6.45) is 2.04. The number of pyridine rings is 1. The van der Waals surface area contributed by atoms with Gasteiger partial charge in [-0.2, -0.15) is 5.10 Å². The van der Waals surface area contributed by atoms with Crippen molar-refractivity contribution in [1.29, 1.82) is 0 Å². The molecule has 4 nitrogen and oxygen atoms in total. The third-order valence-electron chi connectivity index (χ3n) is 4.96. The lowest BCUT2D eigenvalue weighted by molar-refractivity contribution is 0.419. The number of hydrogen-bond acceptors (Lipinski definition) is 3. The molecular formula is C25H19N3O. The molecule has 140 valence electrons. The first-order valence-corrected chi connectivity index (χ1v) is 9.48. The average molecular weight is 377 g/mol. The smallest absolute Gasteiger partial charge is 0.130 e. The molecule has 5 rings (SSSR count). The summed E-state index contributed by atoms with van der Waals surface area (Å²) in [6.45, 7) is 0. The predicted octanol–water partition coefficient (Wildman–Crippen LogP) is 5.76. The highest BCUT2D eigenvalue weighted by molar-refractivity contribution is 5.90. The summed E-state index contributed by atoms with van der Waals surface area (Å²) in [5, 5.41) is 5.89. The standard InChI is InChI=1S/C25H19N3O/c1-29-24-16-23(26-22-15-9-8-14-20(22)24)21-17-28(19-12-6-3-7-13-19)27-25(21)18-10-4-2-5-11-18/h2-17H,1H3. The van der Waals surface area contributed by atoms with E-state index in [1.54, 1.807) is 7.11 Å². The fourth-order valence-electron chi connectivity index (χ4n) is 3.53. The van der Waals surface area contributed by atoms with E-state index in [1.807, 2.05) is 89.7 Å². The van der Waals surface area contributed by atoms with Crippen molar-refractivity contribution in [2.75, 3.05) is 7.11 Å². The second-order valence-corrected chi connectivity index (χ2v) is 6.76. The van der Waals surface area contributed by atoms with Crippen LogP contribution in [-0.4, -0.2) is 21.9 Å². The monoisotopic (exact) mass is 377 g/mol. The Kier molecular flexibility index (Phi) is 4.30. The zero-order valence-electron chi connectivity index (χ0n) is 16.0. The molecule has 29 heavy (non-hydrogen) atoms. The first kappa shape index (κ1) is 17.2. The molecule has 0 atom stereocenters. The number of rotatable bonds is 4. The first-order valence-electron chi connectivity index (χ1n) is 9.48. The van der Waals surface area contributed by atoms with Gasteiger partial charge in [0.1, 0.15) is 11.4 Å². The fraction of sp³-hybridized carbons (Fsp3) is 0.0400. The van der Waals surface area contributed by atoms with Crippen LogP contribution in [0.5, 0.6) is 5.75 Å². The van der Waals surface area contributed by atoms with Gasteiger partial charge < -0.3 is 4.74 Å². The molecular weight excluding hydrogens is 358 g/mol. The van der Waals surface area contributed by atoms with Crippen molar-refractivity contribution in [3.63, 3.8) is 0 Å². The van der Waals surface area contributed by atoms with Crippen LogP contribution in [-0.2, 0) is 0 Å². The Labute approximate surface area is 169 Å². The van der Waals surface area contributed by atoms with Gasteiger partial charge in [0.05, 0.1) is 24.0 Å². The quantitative estimate of drug-likeness (QED) is 0.400. The number of hydrogen-bond donors (Lipinski definition) is 0. The second-order valence-electron chi connectivity index (χ2n) is 6.76. The minimum absolute atomic E-state index is 0.803. The lowest BCUT2D eigenvalue weighted by Crippen LogP contribution is -1.93. The van der Waals surface area contributed by atoms with Gasteiger partial charge in [-0.15, -0.1) is 0 Å². The van der Waals surface area contributed by atoms with Gasteiger partial charge in [-0.05, 0) is 24.3 Å². The van der Waals surface area contributed by atoms with Gasteiger partial charge >= 0.3 is 0 Å². The van der Waals surface area contributed by atoms with E-state index in [0.29, 0.717) is 0 Å². The zero-order valence-corrected chi connectivity index (χ0v) is 16.0. The molecule has 0 bridgehead atoms. The third kappa shape index (κ3) is 3.15. The average Bonchev–Trinajstić information content (AvgIpc) is 3.25. The molecule has 0 amide bonds. The number of fused-ring (bicyclic) bond motifs is 1. The minimum Gasteiger partial charge on any atom is -0.496 e. The van der Waals surface area contributed by atoms with E-state index < -0.39 is 0 Å². The first-order chi connectivity index (χ1) is 14.3. The maximum atomic E-state index is 5.66. The van der Waals surface area contributed by atoms with Crippen LogP contribution in [0.15, 0.2) is 97.2 Å². The van der Waals surface area contributed by atoms with Crippen LogP contribution in [0.3, 0.4) is 0 Å². The Balaban J connectivity index is 1.76. The molecule has 0 saturated heterocycles. The molecule has 3 aromatic carbocycles.